The molecule has 5 nitrogen and oxygen atoms in total. The topological polar surface area (TPSA) is 70.3 Å². The molecule has 0 radical (unpaired) electrons. The molecule has 2 rings (SSSR count). The zero-order valence-corrected chi connectivity index (χ0v) is 10.3. The van der Waals surface area contributed by atoms with E-state index in [0.717, 1.165) is 0 Å². The number of anilines is 1. The van der Waals surface area contributed by atoms with E-state index in [0.29, 0.717) is 17.3 Å². The van der Waals surface area contributed by atoms with Crippen LogP contribution in [0.5, 0.6) is 17.6 Å². The fourth-order valence-electron chi connectivity index (χ4n) is 1.32. The maximum atomic E-state index is 5.59. The van der Waals surface area contributed by atoms with E-state index in [1.807, 2.05) is 13.8 Å². The van der Waals surface area contributed by atoms with Crippen molar-refractivity contribution in [2.45, 2.75) is 20.0 Å². The summed E-state index contributed by atoms with van der Waals surface area (Å²) in [5.74, 6) is 1.12. The summed E-state index contributed by atoms with van der Waals surface area (Å²) < 4.78 is 11.0. The molecule has 0 unspecified atom stereocenters. The number of nitrogens with two attached hydrogens (primary N) is 1. The Hall–Kier alpha value is -2.30. The van der Waals surface area contributed by atoms with Gasteiger partial charge in [-0.3, -0.25) is 0 Å². The van der Waals surface area contributed by atoms with Crippen LogP contribution in [0.4, 0.5) is 5.69 Å². The smallest absolute Gasteiger partial charge is 0.325 e. The minimum Gasteiger partial charge on any atom is -0.475 e. The van der Waals surface area contributed by atoms with Crippen LogP contribution >= 0.6 is 0 Å². The van der Waals surface area contributed by atoms with Crippen molar-refractivity contribution in [3.05, 3.63) is 36.5 Å². The summed E-state index contributed by atoms with van der Waals surface area (Å²) in [4.78, 5) is 8.16. The summed E-state index contributed by atoms with van der Waals surface area (Å²) in [5.41, 5.74) is 6.27. The number of hydrogen-bond acceptors (Lipinski definition) is 5. The molecule has 1 heterocycles. The predicted octanol–water partition coefficient (Wildman–Crippen LogP) is 2.64. The minimum atomic E-state index is 0.0595. The summed E-state index contributed by atoms with van der Waals surface area (Å²) in [6.07, 6.45) is 1.65. The van der Waals surface area contributed by atoms with Crippen LogP contribution in [0.2, 0.25) is 0 Å². The Kier molecular flexibility index (Phi) is 3.62. The Morgan fingerprint density at radius 2 is 1.83 bits per heavy atom. The molecule has 0 saturated heterocycles. The summed E-state index contributed by atoms with van der Waals surface area (Å²) in [6, 6.07) is 8.96. The van der Waals surface area contributed by atoms with Gasteiger partial charge in [-0.2, -0.15) is 4.98 Å². The first kappa shape index (κ1) is 12.2. The summed E-state index contributed by atoms with van der Waals surface area (Å²) in [6.45, 7) is 3.87. The molecule has 18 heavy (non-hydrogen) atoms. The molecule has 2 aromatic rings. The summed E-state index contributed by atoms with van der Waals surface area (Å²) in [7, 11) is 0. The van der Waals surface area contributed by atoms with Crippen LogP contribution in [0.3, 0.4) is 0 Å². The molecule has 1 aromatic heterocycles. The van der Waals surface area contributed by atoms with Crippen molar-refractivity contribution in [1.82, 2.24) is 9.97 Å². The fourth-order valence-corrected chi connectivity index (χ4v) is 1.32. The second-order valence-electron chi connectivity index (χ2n) is 4.02. The van der Waals surface area contributed by atoms with E-state index in [-0.39, 0.29) is 12.1 Å². The first-order chi connectivity index (χ1) is 8.63. The van der Waals surface area contributed by atoms with Crippen molar-refractivity contribution >= 4 is 5.69 Å². The van der Waals surface area contributed by atoms with E-state index >= 15 is 0 Å². The molecule has 0 spiro atoms. The first-order valence-electron chi connectivity index (χ1n) is 5.66. The number of rotatable bonds is 4. The van der Waals surface area contributed by atoms with E-state index in [9.17, 15) is 0 Å². The van der Waals surface area contributed by atoms with Gasteiger partial charge in [-0.25, -0.2) is 4.98 Å². The second kappa shape index (κ2) is 5.35. The highest BCUT2D eigenvalue weighted by atomic mass is 16.5. The van der Waals surface area contributed by atoms with Crippen molar-refractivity contribution < 1.29 is 9.47 Å². The largest absolute Gasteiger partial charge is 0.475 e. The average molecular weight is 245 g/mol. The monoisotopic (exact) mass is 245 g/mol. The van der Waals surface area contributed by atoms with Crippen LogP contribution in [0.1, 0.15) is 13.8 Å². The van der Waals surface area contributed by atoms with Gasteiger partial charge in [0.15, 0.2) is 0 Å². The third-order valence-electron chi connectivity index (χ3n) is 2.05. The molecule has 0 aliphatic carbocycles. The number of ether oxygens (including phenoxy) is 2. The van der Waals surface area contributed by atoms with Gasteiger partial charge in [0, 0.05) is 18.0 Å². The van der Waals surface area contributed by atoms with E-state index in [1.54, 1.807) is 36.5 Å². The van der Waals surface area contributed by atoms with E-state index in [2.05, 4.69) is 9.97 Å². The Morgan fingerprint density at radius 3 is 2.50 bits per heavy atom. The third-order valence-corrected chi connectivity index (χ3v) is 2.05. The highest BCUT2D eigenvalue weighted by Crippen LogP contribution is 2.20. The molecule has 0 aliphatic rings. The van der Waals surface area contributed by atoms with Crippen LogP contribution in [-0.2, 0) is 0 Å². The molecule has 2 N–H and O–H groups in total. The van der Waals surface area contributed by atoms with Crippen LogP contribution in [0.15, 0.2) is 36.5 Å². The van der Waals surface area contributed by atoms with Gasteiger partial charge >= 0.3 is 6.01 Å². The average Bonchev–Trinajstić information content (AvgIpc) is 2.32. The van der Waals surface area contributed by atoms with Crippen molar-refractivity contribution in [3.63, 3.8) is 0 Å². The zero-order chi connectivity index (χ0) is 13.0. The highest BCUT2D eigenvalue weighted by molar-refractivity contribution is 5.42. The Morgan fingerprint density at radius 1 is 1.11 bits per heavy atom. The van der Waals surface area contributed by atoms with Crippen molar-refractivity contribution in [3.8, 4) is 17.6 Å². The van der Waals surface area contributed by atoms with Gasteiger partial charge in [0.05, 0.1) is 6.10 Å². The lowest BCUT2D eigenvalue weighted by Crippen LogP contribution is -2.07. The van der Waals surface area contributed by atoms with Crippen molar-refractivity contribution in [2.24, 2.45) is 0 Å². The number of benzene rings is 1. The lowest BCUT2D eigenvalue weighted by molar-refractivity contribution is 0.229. The maximum absolute atomic E-state index is 5.59. The second-order valence-corrected chi connectivity index (χ2v) is 4.02. The number of aromatic nitrogens is 2. The SMILES string of the molecule is CC(C)Oc1ccnc(Oc2ccc(N)cc2)n1. The van der Waals surface area contributed by atoms with E-state index in [4.69, 9.17) is 15.2 Å². The summed E-state index contributed by atoms with van der Waals surface area (Å²) in [5, 5.41) is 0. The van der Waals surface area contributed by atoms with E-state index < -0.39 is 0 Å². The number of nitrogens with zero attached hydrogens (tertiary/aromatic N) is 2. The molecule has 0 fully saturated rings. The highest BCUT2D eigenvalue weighted by Gasteiger charge is 2.04. The summed E-state index contributed by atoms with van der Waals surface area (Å²) >= 11 is 0. The third kappa shape index (κ3) is 3.35. The number of nitrogen functional groups attached to an aromatic ring is 1. The Labute approximate surface area is 106 Å². The standard InChI is InChI=1S/C13H15N3O2/c1-9(2)17-12-7-8-15-13(16-12)18-11-5-3-10(14)4-6-11/h3-9H,14H2,1-2H3. The van der Waals surface area contributed by atoms with E-state index in [1.165, 1.54) is 0 Å². The van der Waals surface area contributed by atoms with Crippen molar-refractivity contribution in [2.75, 3.05) is 5.73 Å². The van der Waals surface area contributed by atoms with Crippen LogP contribution in [-0.4, -0.2) is 16.1 Å². The molecule has 5 heteroatoms. The lowest BCUT2D eigenvalue weighted by atomic mass is 10.3. The van der Waals surface area contributed by atoms with Gasteiger partial charge in [-0.1, -0.05) is 0 Å². The van der Waals surface area contributed by atoms with Gasteiger partial charge in [0.25, 0.3) is 0 Å². The Bertz CT molecular complexity index is 512. The lowest BCUT2D eigenvalue weighted by Gasteiger charge is -2.09. The molecule has 0 bridgehead atoms. The zero-order valence-electron chi connectivity index (χ0n) is 10.3. The predicted molar refractivity (Wildman–Crippen MR) is 68.7 cm³/mol. The molecule has 1 aromatic carbocycles. The minimum absolute atomic E-state index is 0.0595. The fraction of sp³-hybridized carbons (Fsp3) is 0.231. The Balaban J connectivity index is 2.11. The molecule has 0 saturated carbocycles. The molecule has 0 atom stereocenters. The van der Waals surface area contributed by atoms with Gasteiger partial charge in [-0.05, 0) is 38.1 Å². The maximum Gasteiger partial charge on any atom is 0.325 e. The molecular weight excluding hydrogens is 230 g/mol. The van der Waals surface area contributed by atoms with Crippen molar-refractivity contribution in [1.29, 1.82) is 0 Å². The first-order valence-corrected chi connectivity index (χ1v) is 5.66. The normalized spacial score (nSPS) is 10.4. The molecule has 0 amide bonds. The van der Waals surface area contributed by atoms with Gasteiger partial charge < -0.3 is 15.2 Å². The van der Waals surface area contributed by atoms with Gasteiger partial charge in [-0.15, -0.1) is 0 Å². The van der Waals surface area contributed by atoms with Gasteiger partial charge in [0.1, 0.15) is 5.75 Å². The van der Waals surface area contributed by atoms with Gasteiger partial charge in [0.2, 0.25) is 5.88 Å². The quantitative estimate of drug-likeness (QED) is 0.838. The van der Waals surface area contributed by atoms with Crippen LogP contribution < -0.4 is 15.2 Å². The molecule has 94 valence electrons. The molecular formula is C13H15N3O2. The molecule has 0 aliphatic heterocycles. The van der Waals surface area contributed by atoms with Crippen LogP contribution in [0, 0.1) is 0 Å². The van der Waals surface area contributed by atoms with Crippen LogP contribution in [0.25, 0.3) is 0 Å². The number of hydrogen-bond donors (Lipinski definition) is 1.